The molecule has 7 atom stereocenters. The highest BCUT2D eigenvalue weighted by atomic mass is 31.2. The highest BCUT2D eigenvalue weighted by Gasteiger charge is 2.89. The van der Waals surface area contributed by atoms with Crippen LogP contribution in [0.15, 0.2) is 64.8 Å². The van der Waals surface area contributed by atoms with Crippen molar-refractivity contribution in [2.45, 2.75) is 62.6 Å². The number of carbonyl (C=O) groups is 1. The van der Waals surface area contributed by atoms with Crippen molar-refractivity contribution in [3.8, 4) is 5.75 Å². The second-order valence-electron chi connectivity index (χ2n) is 8.97. The summed E-state index contributed by atoms with van der Waals surface area (Å²) >= 11 is 0. The van der Waals surface area contributed by atoms with E-state index in [0.717, 1.165) is 22.9 Å². The molecule has 1 saturated heterocycles. The number of aliphatic hydroxyl groups is 1. The number of H-pyrrole nitrogens is 1. The normalized spacial score (nSPS) is 30.7. The van der Waals surface area contributed by atoms with Crippen LogP contribution in [0, 0.1) is 0 Å². The Balaban J connectivity index is 1.62. The number of aromatic amines is 1. The highest BCUT2D eigenvalue weighted by Crippen LogP contribution is 2.68. The summed E-state index contributed by atoms with van der Waals surface area (Å²) in [4.78, 5) is 37.9. The number of aromatic nitrogens is 2. The molecular weight excluding hydrogens is 512 g/mol. The van der Waals surface area contributed by atoms with E-state index in [2.05, 4.69) is 11.7 Å². The average molecular weight is 539 g/mol. The lowest BCUT2D eigenvalue weighted by molar-refractivity contribution is -0.149. The van der Waals surface area contributed by atoms with Crippen LogP contribution >= 0.6 is 7.75 Å². The van der Waals surface area contributed by atoms with E-state index in [4.69, 9.17) is 18.5 Å². The monoisotopic (exact) mass is 539 g/mol. The first-order valence-corrected chi connectivity index (χ1v) is 12.9. The molecule has 2 aliphatic rings. The van der Waals surface area contributed by atoms with Gasteiger partial charge in [0.25, 0.3) is 5.56 Å². The van der Waals surface area contributed by atoms with Crippen molar-refractivity contribution >= 4 is 13.7 Å². The van der Waals surface area contributed by atoms with Crippen LogP contribution in [0.3, 0.4) is 0 Å². The Hall–Kier alpha value is -3.09. The molecule has 4 rings (SSSR count). The third kappa shape index (κ3) is 4.69. The second kappa shape index (κ2) is 9.66. The molecular formula is C23H27FN3O9P. The van der Waals surface area contributed by atoms with Gasteiger partial charge in [-0.3, -0.25) is 23.7 Å². The molecule has 14 heteroatoms. The van der Waals surface area contributed by atoms with Gasteiger partial charge >= 0.3 is 19.4 Å². The van der Waals surface area contributed by atoms with E-state index < -0.39 is 66.8 Å². The largest absolute Gasteiger partial charge is 0.462 e. The van der Waals surface area contributed by atoms with Gasteiger partial charge in [-0.05, 0) is 32.9 Å². The number of hydrogen-bond acceptors (Lipinski definition) is 9. The van der Waals surface area contributed by atoms with Gasteiger partial charge in [-0.25, -0.2) is 13.8 Å². The molecule has 3 N–H and O–H groups in total. The van der Waals surface area contributed by atoms with E-state index >= 15 is 4.39 Å². The van der Waals surface area contributed by atoms with Gasteiger partial charge in [-0.15, -0.1) is 6.58 Å². The lowest BCUT2D eigenvalue weighted by atomic mass is 10.1. The summed E-state index contributed by atoms with van der Waals surface area (Å²) in [7, 11) is -4.50. The molecule has 1 aromatic carbocycles. The van der Waals surface area contributed by atoms with Gasteiger partial charge in [0.2, 0.25) is 0 Å². The molecule has 0 amide bonds. The van der Waals surface area contributed by atoms with E-state index in [1.165, 1.54) is 19.1 Å². The van der Waals surface area contributed by atoms with Crippen molar-refractivity contribution in [2.24, 2.45) is 0 Å². The topological polar surface area (TPSA) is 158 Å². The summed E-state index contributed by atoms with van der Waals surface area (Å²) in [5, 5.41) is 13.7. The van der Waals surface area contributed by atoms with Crippen molar-refractivity contribution in [1.29, 1.82) is 0 Å². The third-order valence-corrected chi connectivity index (χ3v) is 7.66. The van der Waals surface area contributed by atoms with Crippen molar-refractivity contribution in [3.63, 3.8) is 0 Å². The second-order valence-corrected chi connectivity index (χ2v) is 10.6. The number of para-hydroxylation sites is 1. The van der Waals surface area contributed by atoms with E-state index in [1.54, 1.807) is 32.0 Å². The Morgan fingerprint density at radius 3 is 2.54 bits per heavy atom. The van der Waals surface area contributed by atoms with Crippen molar-refractivity contribution < 1.29 is 37.4 Å². The first-order chi connectivity index (χ1) is 17.4. The highest BCUT2D eigenvalue weighted by molar-refractivity contribution is 7.52. The van der Waals surface area contributed by atoms with Gasteiger partial charge in [-0.1, -0.05) is 24.3 Å². The van der Waals surface area contributed by atoms with E-state index in [0.29, 0.717) is 0 Å². The van der Waals surface area contributed by atoms with Crippen LogP contribution in [0.2, 0.25) is 0 Å². The number of benzene rings is 1. The maximum Gasteiger partial charge on any atom is 0.459 e. The quantitative estimate of drug-likeness (QED) is 0.230. The zero-order chi connectivity index (χ0) is 27.2. The fourth-order valence-electron chi connectivity index (χ4n) is 4.20. The van der Waals surface area contributed by atoms with E-state index in [9.17, 15) is 24.1 Å². The Labute approximate surface area is 210 Å². The summed E-state index contributed by atoms with van der Waals surface area (Å²) in [6.45, 7) is 8.23. The fourth-order valence-corrected chi connectivity index (χ4v) is 5.93. The third-order valence-electron chi connectivity index (χ3n) is 6.02. The van der Waals surface area contributed by atoms with Gasteiger partial charge in [0, 0.05) is 12.3 Å². The Bertz CT molecular complexity index is 1350. The minimum absolute atomic E-state index is 0.101. The van der Waals surface area contributed by atoms with Crippen molar-refractivity contribution in [2.75, 3.05) is 0 Å². The average Bonchev–Trinajstić information content (AvgIpc) is 3.22. The van der Waals surface area contributed by atoms with Crippen LogP contribution in [0.25, 0.3) is 0 Å². The van der Waals surface area contributed by atoms with Gasteiger partial charge in [0.15, 0.2) is 23.6 Å². The predicted octanol–water partition coefficient (Wildman–Crippen LogP) is 1.57. The minimum Gasteiger partial charge on any atom is -0.462 e. The zero-order valence-electron chi connectivity index (χ0n) is 20.2. The molecule has 37 heavy (non-hydrogen) atoms. The van der Waals surface area contributed by atoms with Crippen LogP contribution in [0.1, 0.15) is 27.0 Å². The molecule has 0 spiro atoms. The van der Waals surface area contributed by atoms with Crippen LogP contribution in [-0.2, 0) is 23.4 Å². The van der Waals surface area contributed by atoms with Crippen LogP contribution in [0.4, 0.5) is 4.39 Å². The van der Waals surface area contributed by atoms with Crippen LogP contribution < -0.4 is 20.9 Å². The molecule has 200 valence electrons. The molecule has 1 saturated carbocycles. The molecule has 2 fully saturated rings. The lowest BCUT2D eigenvalue weighted by Gasteiger charge is -2.27. The minimum atomic E-state index is -4.50. The summed E-state index contributed by atoms with van der Waals surface area (Å²) in [5.41, 5.74) is -6.01. The number of alkyl halides is 1. The SMILES string of the molecule is C=C[C@]12O[C@@H](n3ccc(=O)[nH]c3=O)[C@H](F)[C@@]1(O)C2OP(=O)(N[C@@H](C)C(=O)OC(C)C)Oc1ccccc1. The predicted molar refractivity (Wildman–Crippen MR) is 128 cm³/mol. The molecule has 1 aromatic heterocycles. The first kappa shape index (κ1) is 27.0. The molecule has 2 heterocycles. The number of fused-ring (bicyclic) bond motifs is 1. The number of ether oxygens (including phenoxy) is 2. The van der Waals surface area contributed by atoms with Gasteiger partial charge < -0.3 is 19.1 Å². The van der Waals surface area contributed by atoms with Gasteiger partial charge in [-0.2, -0.15) is 5.09 Å². The molecule has 1 aliphatic carbocycles. The molecule has 0 bridgehead atoms. The summed E-state index contributed by atoms with van der Waals surface area (Å²) in [6.07, 6.45) is -3.87. The Morgan fingerprint density at radius 1 is 1.30 bits per heavy atom. The fraction of sp³-hybridized carbons (Fsp3) is 0.435. The summed E-state index contributed by atoms with van der Waals surface area (Å²) < 4.78 is 52.2. The summed E-state index contributed by atoms with van der Waals surface area (Å²) in [6, 6.07) is 7.67. The molecule has 1 aliphatic heterocycles. The zero-order valence-corrected chi connectivity index (χ0v) is 21.1. The Kier molecular flexibility index (Phi) is 7.04. The number of hydrogen-bond donors (Lipinski definition) is 3. The number of esters is 1. The lowest BCUT2D eigenvalue weighted by Crippen LogP contribution is -2.41. The number of nitrogens with zero attached hydrogens (tertiary/aromatic N) is 1. The van der Waals surface area contributed by atoms with E-state index in [1.807, 2.05) is 4.98 Å². The first-order valence-electron chi connectivity index (χ1n) is 11.4. The van der Waals surface area contributed by atoms with E-state index in [-0.39, 0.29) is 5.75 Å². The van der Waals surface area contributed by atoms with Crippen molar-refractivity contribution in [3.05, 3.63) is 76.1 Å². The van der Waals surface area contributed by atoms with Gasteiger partial charge in [0.05, 0.1) is 6.10 Å². The number of halogens is 1. The number of nitrogens with one attached hydrogen (secondary N) is 2. The standard InChI is InChI=1S/C23H27FN3O9P/c1-5-22-20(23(22,31)17(24)18(34-22)27-12-11-16(28)25-21(27)30)36-37(32,35-15-9-7-6-8-10-15)26-14(4)19(29)33-13(2)3/h5-14,17-18,20,31H,1H2,2-4H3,(H,26,32)(H,25,28,30)/t14-,17-,18+,20?,22+,23+,37?/m0/s1. The molecule has 2 aromatic rings. The van der Waals surface area contributed by atoms with Crippen LogP contribution in [-0.4, -0.2) is 56.3 Å². The van der Waals surface area contributed by atoms with Crippen LogP contribution in [0.5, 0.6) is 5.75 Å². The maximum absolute atomic E-state index is 15.6. The van der Waals surface area contributed by atoms with Crippen molar-refractivity contribution in [1.82, 2.24) is 14.6 Å². The van der Waals surface area contributed by atoms with Gasteiger partial charge in [0.1, 0.15) is 17.9 Å². The molecule has 0 radical (unpaired) electrons. The molecule has 12 nitrogen and oxygen atoms in total. The molecule has 2 unspecified atom stereocenters. The summed E-state index contributed by atoms with van der Waals surface area (Å²) in [5.74, 6) is -0.649. The number of carbonyl (C=O) groups excluding carboxylic acids is 1. The maximum atomic E-state index is 15.6. The Morgan fingerprint density at radius 2 is 1.97 bits per heavy atom. The smallest absolute Gasteiger partial charge is 0.459 e. The number of rotatable bonds is 10.